The average Bonchev–Trinajstić information content (AvgIpc) is 2.29. The smallest absolute Gasteiger partial charge is 0.183 e. The van der Waals surface area contributed by atoms with Crippen LogP contribution in [0.2, 0.25) is 0 Å². The standard InChI is InChI=1S/C11H19NO2/c1-2-6-10(7-3-1)12-14-11-8-4-5-9-13-11/h6,11-12H,1-5,7-9H2. The number of hydroxylamine groups is 1. The van der Waals surface area contributed by atoms with Gasteiger partial charge in [-0.25, -0.2) is 4.84 Å². The monoisotopic (exact) mass is 197 g/mol. The van der Waals surface area contributed by atoms with Gasteiger partial charge < -0.3 is 4.74 Å². The summed E-state index contributed by atoms with van der Waals surface area (Å²) in [5.41, 5.74) is 4.25. The highest BCUT2D eigenvalue weighted by atomic mass is 16.8. The summed E-state index contributed by atoms with van der Waals surface area (Å²) in [6.45, 7) is 0.839. The molecule has 0 aromatic rings. The SMILES string of the molecule is C1=C(NOC2CCCCO2)CCCC1. The Bertz CT molecular complexity index is 197. The van der Waals surface area contributed by atoms with Gasteiger partial charge in [0, 0.05) is 18.7 Å². The van der Waals surface area contributed by atoms with Gasteiger partial charge in [-0.05, 0) is 38.5 Å². The molecule has 0 radical (unpaired) electrons. The maximum absolute atomic E-state index is 5.48. The van der Waals surface area contributed by atoms with Gasteiger partial charge in [-0.2, -0.15) is 0 Å². The van der Waals surface area contributed by atoms with Crippen molar-refractivity contribution < 1.29 is 9.57 Å². The summed E-state index contributed by atoms with van der Waals surface area (Å²) in [7, 11) is 0. The first-order valence-corrected chi connectivity index (χ1v) is 5.67. The lowest BCUT2D eigenvalue weighted by atomic mass is 10.1. The highest BCUT2D eigenvalue weighted by Gasteiger charge is 2.15. The molecule has 3 heteroatoms. The lowest BCUT2D eigenvalue weighted by molar-refractivity contribution is -0.190. The largest absolute Gasteiger partial charge is 0.350 e. The fourth-order valence-electron chi connectivity index (χ4n) is 1.88. The predicted octanol–water partition coefficient (Wildman–Crippen LogP) is 2.49. The molecule has 1 aliphatic carbocycles. The van der Waals surface area contributed by atoms with Gasteiger partial charge >= 0.3 is 0 Å². The van der Waals surface area contributed by atoms with Crippen molar-refractivity contribution in [3.05, 3.63) is 11.8 Å². The Balaban J connectivity index is 1.67. The third kappa shape index (κ3) is 3.00. The van der Waals surface area contributed by atoms with Gasteiger partial charge in [0.2, 0.25) is 0 Å². The summed E-state index contributed by atoms with van der Waals surface area (Å²) in [5.74, 6) is 0. The molecule has 3 nitrogen and oxygen atoms in total. The molecule has 1 aliphatic heterocycles. The van der Waals surface area contributed by atoms with E-state index in [4.69, 9.17) is 9.57 Å². The molecule has 1 N–H and O–H groups in total. The van der Waals surface area contributed by atoms with E-state index in [1.54, 1.807) is 0 Å². The molecule has 0 aromatic carbocycles. The van der Waals surface area contributed by atoms with E-state index in [2.05, 4.69) is 11.6 Å². The molecule has 0 saturated carbocycles. The zero-order valence-electron chi connectivity index (χ0n) is 8.63. The van der Waals surface area contributed by atoms with Crippen molar-refractivity contribution in [2.45, 2.75) is 51.2 Å². The zero-order valence-corrected chi connectivity index (χ0v) is 8.63. The number of allylic oxidation sites excluding steroid dienone is 2. The Kier molecular flexibility index (Phi) is 3.83. The second-order valence-corrected chi connectivity index (χ2v) is 3.99. The minimum Gasteiger partial charge on any atom is -0.350 e. The molecule has 1 atom stereocenters. The molecule has 0 amide bonds. The molecule has 80 valence electrons. The first kappa shape index (κ1) is 9.99. The Hall–Kier alpha value is -0.540. The second kappa shape index (κ2) is 5.37. The van der Waals surface area contributed by atoms with E-state index in [0.717, 1.165) is 19.4 Å². The molecular formula is C11H19NO2. The molecule has 1 fully saturated rings. The van der Waals surface area contributed by atoms with Crippen LogP contribution in [-0.4, -0.2) is 12.9 Å². The average molecular weight is 197 g/mol. The van der Waals surface area contributed by atoms with Crippen molar-refractivity contribution in [1.82, 2.24) is 5.48 Å². The van der Waals surface area contributed by atoms with Crippen LogP contribution < -0.4 is 5.48 Å². The lowest BCUT2D eigenvalue weighted by Gasteiger charge is -2.24. The molecular weight excluding hydrogens is 178 g/mol. The highest BCUT2D eigenvalue weighted by molar-refractivity contribution is 5.00. The van der Waals surface area contributed by atoms with Crippen LogP contribution in [0.15, 0.2) is 11.8 Å². The van der Waals surface area contributed by atoms with Crippen molar-refractivity contribution in [3.63, 3.8) is 0 Å². The van der Waals surface area contributed by atoms with E-state index in [1.165, 1.54) is 37.8 Å². The van der Waals surface area contributed by atoms with Gasteiger partial charge in [-0.15, -0.1) is 0 Å². The van der Waals surface area contributed by atoms with Gasteiger partial charge in [-0.3, -0.25) is 5.48 Å². The predicted molar refractivity (Wildman–Crippen MR) is 54.4 cm³/mol. The molecule has 0 aromatic heterocycles. The second-order valence-electron chi connectivity index (χ2n) is 3.99. The van der Waals surface area contributed by atoms with E-state index < -0.39 is 0 Å². The van der Waals surface area contributed by atoms with E-state index in [-0.39, 0.29) is 6.29 Å². The number of ether oxygens (including phenoxy) is 1. The normalized spacial score (nSPS) is 28.3. The van der Waals surface area contributed by atoms with E-state index in [1.807, 2.05) is 0 Å². The zero-order chi connectivity index (χ0) is 9.64. The van der Waals surface area contributed by atoms with Crippen molar-refractivity contribution in [2.75, 3.05) is 6.61 Å². The maximum atomic E-state index is 5.48. The highest BCUT2D eigenvalue weighted by Crippen LogP contribution is 2.17. The van der Waals surface area contributed by atoms with Crippen LogP contribution in [0.5, 0.6) is 0 Å². The van der Waals surface area contributed by atoms with Gasteiger partial charge in [0.1, 0.15) is 0 Å². The van der Waals surface area contributed by atoms with Crippen LogP contribution in [0, 0.1) is 0 Å². The van der Waals surface area contributed by atoms with Crippen molar-refractivity contribution in [2.24, 2.45) is 0 Å². The minimum absolute atomic E-state index is 0.0356. The molecule has 1 saturated heterocycles. The summed E-state index contributed by atoms with van der Waals surface area (Å²) < 4.78 is 5.46. The van der Waals surface area contributed by atoms with Crippen LogP contribution in [0.25, 0.3) is 0 Å². The molecule has 2 aliphatic rings. The third-order valence-corrected chi connectivity index (χ3v) is 2.75. The molecule has 0 spiro atoms. The van der Waals surface area contributed by atoms with Crippen molar-refractivity contribution >= 4 is 0 Å². The fourth-order valence-corrected chi connectivity index (χ4v) is 1.88. The Morgan fingerprint density at radius 1 is 1.29 bits per heavy atom. The summed E-state index contributed by atoms with van der Waals surface area (Å²) >= 11 is 0. The summed E-state index contributed by atoms with van der Waals surface area (Å²) in [6, 6.07) is 0. The molecule has 0 bridgehead atoms. The van der Waals surface area contributed by atoms with Crippen LogP contribution in [0.1, 0.15) is 44.9 Å². The topological polar surface area (TPSA) is 30.5 Å². The van der Waals surface area contributed by atoms with Crippen molar-refractivity contribution in [1.29, 1.82) is 0 Å². The van der Waals surface area contributed by atoms with E-state index >= 15 is 0 Å². The third-order valence-electron chi connectivity index (χ3n) is 2.75. The number of rotatable bonds is 3. The van der Waals surface area contributed by atoms with Gasteiger partial charge in [-0.1, -0.05) is 6.08 Å². The molecule has 14 heavy (non-hydrogen) atoms. The number of hydrogen-bond acceptors (Lipinski definition) is 3. The van der Waals surface area contributed by atoms with E-state index in [0.29, 0.717) is 0 Å². The van der Waals surface area contributed by atoms with Crippen LogP contribution in [-0.2, 0) is 9.57 Å². The van der Waals surface area contributed by atoms with Gasteiger partial charge in [0.15, 0.2) is 6.29 Å². The molecule has 1 unspecified atom stereocenters. The molecule has 1 heterocycles. The van der Waals surface area contributed by atoms with Gasteiger partial charge in [0.25, 0.3) is 0 Å². The summed E-state index contributed by atoms with van der Waals surface area (Å²) in [6.07, 6.45) is 10.5. The summed E-state index contributed by atoms with van der Waals surface area (Å²) in [4.78, 5) is 5.48. The number of hydrogen-bond donors (Lipinski definition) is 1. The number of nitrogens with one attached hydrogen (secondary N) is 1. The van der Waals surface area contributed by atoms with Crippen LogP contribution in [0.4, 0.5) is 0 Å². The van der Waals surface area contributed by atoms with Crippen molar-refractivity contribution in [3.8, 4) is 0 Å². The molecule has 2 rings (SSSR count). The Morgan fingerprint density at radius 3 is 3.00 bits per heavy atom. The summed E-state index contributed by atoms with van der Waals surface area (Å²) in [5, 5.41) is 0. The first-order chi connectivity index (χ1) is 6.95. The first-order valence-electron chi connectivity index (χ1n) is 5.67. The van der Waals surface area contributed by atoms with Crippen LogP contribution >= 0.6 is 0 Å². The lowest BCUT2D eigenvalue weighted by Crippen LogP contribution is -2.29. The van der Waals surface area contributed by atoms with Crippen LogP contribution in [0.3, 0.4) is 0 Å². The van der Waals surface area contributed by atoms with Gasteiger partial charge in [0.05, 0.1) is 0 Å². The maximum Gasteiger partial charge on any atom is 0.183 e. The fraction of sp³-hybridized carbons (Fsp3) is 0.818. The Labute approximate surface area is 85.4 Å². The minimum atomic E-state index is -0.0356. The van der Waals surface area contributed by atoms with E-state index in [9.17, 15) is 0 Å². The quantitative estimate of drug-likeness (QED) is 0.705. The Morgan fingerprint density at radius 2 is 2.29 bits per heavy atom.